The Kier molecular flexibility index (Phi) is 4.07. The number of hydrogen-bond acceptors (Lipinski definition) is 4. The van der Waals surface area contributed by atoms with Gasteiger partial charge in [-0.1, -0.05) is 0 Å². The summed E-state index contributed by atoms with van der Waals surface area (Å²) in [4.78, 5) is 18.3. The van der Waals surface area contributed by atoms with Gasteiger partial charge in [-0.05, 0) is 32.4 Å². The summed E-state index contributed by atoms with van der Waals surface area (Å²) in [5.41, 5.74) is 0. The first-order valence-electron chi connectivity index (χ1n) is 5.83. The lowest BCUT2D eigenvalue weighted by molar-refractivity contribution is -0.107. The summed E-state index contributed by atoms with van der Waals surface area (Å²) in [6, 6.07) is 0. The molecule has 0 amide bonds. The van der Waals surface area contributed by atoms with Crippen LogP contribution in [0.25, 0.3) is 0 Å². The molecule has 0 aromatic carbocycles. The molecule has 0 radical (unpaired) electrons. The highest BCUT2D eigenvalue weighted by molar-refractivity contribution is 7.11. The molecular formula is C12H18N2OS. The number of carbonyl (C=O) groups excluding carboxylic acids is 1. The Hall–Kier alpha value is -0.740. The van der Waals surface area contributed by atoms with Crippen molar-refractivity contribution in [1.29, 1.82) is 0 Å². The fraction of sp³-hybridized carbons (Fsp3) is 0.667. The van der Waals surface area contributed by atoms with Gasteiger partial charge in [-0.15, -0.1) is 11.3 Å². The second-order valence-corrected chi connectivity index (χ2v) is 5.77. The van der Waals surface area contributed by atoms with Crippen LogP contribution in [0.2, 0.25) is 0 Å². The third kappa shape index (κ3) is 3.12. The molecule has 0 N–H and O–H groups in total. The van der Waals surface area contributed by atoms with Crippen LogP contribution in [0.1, 0.15) is 22.7 Å². The molecular weight excluding hydrogens is 220 g/mol. The average Bonchev–Trinajstić information content (AvgIpc) is 2.66. The van der Waals surface area contributed by atoms with Crippen LogP contribution < -0.4 is 0 Å². The minimum Gasteiger partial charge on any atom is -0.306 e. The van der Waals surface area contributed by atoms with Gasteiger partial charge >= 0.3 is 0 Å². The maximum absolute atomic E-state index is 10.4. The number of aromatic nitrogens is 1. The van der Waals surface area contributed by atoms with Gasteiger partial charge in [0.1, 0.15) is 6.29 Å². The standard InChI is InChI=1S/C12H18N2OS/c1-14-5-2-3-10(9-14)7-12-13-8-11(16-12)4-6-15/h6,8,10H,2-5,7,9H2,1H3. The van der Waals surface area contributed by atoms with Gasteiger partial charge < -0.3 is 9.69 Å². The number of thiazole rings is 1. The average molecular weight is 238 g/mol. The molecule has 0 bridgehead atoms. The van der Waals surface area contributed by atoms with E-state index in [0.717, 1.165) is 23.5 Å². The van der Waals surface area contributed by atoms with Gasteiger partial charge in [0.25, 0.3) is 0 Å². The van der Waals surface area contributed by atoms with Crippen LogP contribution in [-0.2, 0) is 17.6 Å². The van der Waals surface area contributed by atoms with Crippen molar-refractivity contribution in [2.75, 3.05) is 20.1 Å². The predicted molar refractivity (Wildman–Crippen MR) is 65.8 cm³/mol. The fourth-order valence-corrected chi connectivity index (χ4v) is 3.29. The van der Waals surface area contributed by atoms with Gasteiger partial charge in [0, 0.05) is 30.5 Å². The lowest BCUT2D eigenvalue weighted by atomic mass is 9.95. The van der Waals surface area contributed by atoms with Crippen molar-refractivity contribution in [2.24, 2.45) is 5.92 Å². The Morgan fingerprint density at radius 3 is 3.31 bits per heavy atom. The first kappa shape index (κ1) is 11.7. The van der Waals surface area contributed by atoms with Crippen molar-refractivity contribution in [3.05, 3.63) is 16.1 Å². The zero-order chi connectivity index (χ0) is 11.4. The third-order valence-electron chi connectivity index (χ3n) is 3.07. The molecule has 0 spiro atoms. The Morgan fingerprint density at radius 2 is 2.56 bits per heavy atom. The number of piperidine rings is 1. The Bertz CT molecular complexity index is 351. The highest BCUT2D eigenvalue weighted by Gasteiger charge is 2.18. The third-order valence-corrected chi connectivity index (χ3v) is 4.11. The molecule has 2 rings (SSSR count). The van der Waals surface area contributed by atoms with Crippen molar-refractivity contribution in [3.63, 3.8) is 0 Å². The molecule has 4 heteroatoms. The summed E-state index contributed by atoms with van der Waals surface area (Å²) in [7, 11) is 2.19. The van der Waals surface area contributed by atoms with Gasteiger partial charge in [0.2, 0.25) is 0 Å². The monoisotopic (exact) mass is 238 g/mol. The number of aldehydes is 1. The number of hydrogen-bond donors (Lipinski definition) is 0. The lowest BCUT2D eigenvalue weighted by Crippen LogP contribution is -2.32. The number of nitrogens with zero attached hydrogens (tertiary/aromatic N) is 2. The summed E-state index contributed by atoms with van der Waals surface area (Å²) >= 11 is 1.69. The molecule has 1 aromatic rings. The van der Waals surface area contributed by atoms with E-state index in [-0.39, 0.29) is 0 Å². The normalized spacial score (nSPS) is 22.2. The van der Waals surface area contributed by atoms with E-state index in [4.69, 9.17) is 0 Å². The van der Waals surface area contributed by atoms with Crippen molar-refractivity contribution in [1.82, 2.24) is 9.88 Å². The van der Waals surface area contributed by atoms with E-state index in [0.29, 0.717) is 6.42 Å². The molecule has 88 valence electrons. The molecule has 1 aliphatic heterocycles. The molecule has 3 nitrogen and oxygen atoms in total. The quantitative estimate of drug-likeness (QED) is 0.750. The second-order valence-electron chi connectivity index (χ2n) is 4.57. The summed E-state index contributed by atoms with van der Waals surface area (Å²) in [5.74, 6) is 0.744. The molecule has 1 aromatic heterocycles. The van der Waals surface area contributed by atoms with Gasteiger partial charge in [-0.2, -0.15) is 0 Å². The lowest BCUT2D eigenvalue weighted by Gasteiger charge is -2.29. The van der Waals surface area contributed by atoms with Crippen LogP contribution in [0.15, 0.2) is 6.20 Å². The van der Waals surface area contributed by atoms with E-state index in [9.17, 15) is 4.79 Å². The zero-order valence-corrected chi connectivity index (χ0v) is 10.5. The summed E-state index contributed by atoms with van der Waals surface area (Å²) in [6.07, 6.45) is 7.00. The van der Waals surface area contributed by atoms with Crippen molar-refractivity contribution < 1.29 is 4.79 Å². The van der Waals surface area contributed by atoms with Crippen molar-refractivity contribution >= 4 is 17.6 Å². The van der Waals surface area contributed by atoms with Crippen LogP contribution in [-0.4, -0.2) is 36.3 Å². The molecule has 0 saturated carbocycles. The Balaban J connectivity index is 1.89. The zero-order valence-electron chi connectivity index (χ0n) is 9.69. The molecule has 16 heavy (non-hydrogen) atoms. The second kappa shape index (κ2) is 5.55. The summed E-state index contributed by atoms with van der Waals surface area (Å²) in [6.45, 7) is 2.41. The van der Waals surface area contributed by atoms with Crippen molar-refractivity contribution in [3.8, 4) is 0 Å². The van der Waals surface area contributed by atoms with Gasteiger partial charge in [-0.25, -0.2) is 4.98 Å². The minimum absolute atomic E-state index is 0.516. The molecule has 1 fully saturated rings. The van der Waals surface area contributed by atoms with Crippen LogP contribution in [0.3, 0.4) is 0 Å². The van der Waals surface area contributed by atoms with Crippen LogP contribution in [0, 0.1) is 5.92 Å². The number of rotatable bonds is 4. The first-order chi connectivity index (χ1) is 7.78. The van der Waals surface area contributed by atoms with E-state index in [2.05, 4.69) is 16.9 Å². The Morgan fingerprint density at radius 1 is 1.69 bits per heavy atom. The topological polar surface area (TPSA) is 33.2 Å². The van der Waals surface area contributed by atoms with E-state index in [1.54, 1.807) is 11.3 Å². The van der Waals surface area contributed by atoms with Gasteiger partial charge in [0.15, 0.2) is 0 Å². The molecule has 1 aliphatic rings. The molecule has 1 atom stereocenters. The summed E-state index contributed by atoms with van der Waals surface area (Å²) < 4.78 is 0. The largest absolute Gasteiger partial charge is 0.306 e. The molecule has 1 saturated heterocycles. The highest BCUT2D eigenvalue weighted by atomic mass is 32.1. The van der Waals surface area contributed by atoms with Crippen LogP contribution >= 0.6 is 11.3 Å². The number of likely N-dealkylation sites (tertiary alicyclic amines) is 1. The van der Waals surface area contributed by atoms with E-state index in [1.165, 1.54) is 30.9 Å². The predicted octanol–water partition coefficient (Wildman–Crippen LogP) is 1.77. The number of carbonyl (C=O) groups is 1. The summed E-state index contributed by atoms with van der Waals surface area (Å²) in [5, 5.41) is 1.19. The van der Waals surface area contributed by atoms with E-state index >= 15 is 0 Å². The maximum Gasteiger partial charge on any atom is 0.125 e. The Labute approximate surface area is 100 Å². The SMILES string of the molecule is CN1CCCC(Cc2ncc(CC=O)s2)C1. The van der Waals surface area contributed by atoms with Crippen LogP contribution in [0.5, 0.6) is 0 Å². The highest BCUT2D eigenvalue weighted by Crippen LogP contribution is 2.22. The van der Waals surface area contributed by atoms with E-state index < -0.39 is 0 Å². The molecule has 0 aliphatic carbocycles. The van der Waals surface area contributed by atoms with Gasteiger partial charge in [0.05, 0.1) is 5.01 Å². The minimum atomic E-state index is 0.516. The molecule has 1 unspecified atom stereocenters. The maximum atomic E-state index is 10.4. The fourth-order valence-electron chi connectivity index (χ4n) is 2.31. The smallest absolute Gasteiger partial charge is 0.125 e. The van der Waals surface area contributed by atoms with Crippen molar-refractivity contribution in [2.45, 2.75) is 25.7 Å². The van der Waals surface area contributed by atoms with E-state index in [1.807, 2.05) is 6.20 Å². The van der Waals surface area contributed by atoms with Crippen LogP contribution in [0.4, 0.5) is 0 Å². The molecule has 2 heterocycles. The first-order valence-corrected chi connectivity index (χ1v) is 6.65. The van der Waals surface area contributed by atoms with Gasteiger partial charge in [-0.3, -0.25) is 0 Å².